The largest absolute Gasteiger partial charge is 0.416 e. The van der Waals surface area contributed by atoms with E-state index < -0.39 is 41.8 Å². The van der Waals surface area contributed by atoms with Crippen LogP contribution in [0, 0.1) is 0 Å². The van der Waals surface area contributed by atoms with Crippen LogP contribution in [0.5, 0.6) is 0 Å². The Labute approximate surface area is 207 Å². The molecule has 4 rings (SSSR count). The summed E-state index contributed by atoms with van der Waals surface area (Å²) in [7, 11) is 0. The molecule has 0 saturated carbocycles. The molecule has 3 aromatic rings. The number of ether oxygens (including phenoxy) is 2. The summed E-state index contributed by atoms with van der Waals surface area (Å²) in [5.74, 6) is 0.312. The maximum absolute atomic E-state index is 13.4. The van der Waals surface area contributed by atoms with Crippen molar-refractivity contribution in [3.63, 3.8) is 0 Å². The second-order valence-corrected chi connectivity index (χ2v) is 8.73. The minimum Gasteiger partial charge on any atom is -0.352 e. The summed E-state index contributed by atoms with van der Waals surface area (Å²) < 4.78 is 92.0. The van der Waals surface area contributed by atoms with Crippen LogP contribution in [-0.2, 0) is 27.7 Å². The average Bonchev–Trinajstić information content (AvgIpc) is 3.32. The van der Waals surface area contributed by atoms with Gasteiger partial charge in [-0.3, -0.25) is 5.10 Å². The predicted molar refractivity (Wildman–Crippen MR) is 118 cm³/mol. The molecule has 0 spiro atoms. The third-order valence-electron chi connectivity index (χ3n) is 6.06. The fourth-order valence-electron chi connectivity index (χ4n) is 4.31. The van der Waals surface area contributed by atoms with Crippen LogP contribution in [-0.4, -0.2) is 28.1 Å². The highest BCUT2D eigenvalue weighted by atomic mass is 35.5. The second kappa shape index (κ2) is 10.4. The van der Waals surface area contributed by atoms with E-state index in [0.29, 0.717) is 30.2 Å². The Morgan fingerprint density at radius 3 is 2.25 bits per heavy atom. The van der Waals surface area contributed by atoms with Crippen molar-refractivity contribution in [1.82, 2.24) is 15.2 Å². The standard InChI is InChI=1S/C24H22ClF6N3O2/c1-13(15-9-16(23(26,27)28)11-17(10-15)24(29,30)31)36-22-20(14-5-3-2-4-6-14)18(7-8-35-22)21-32-19(12-25)33-34-21/h2-6,9-11,13,18,20,22H,7-8,12H2,1H3,(H,32,33,34)/t13-,18-,20+,22-/m1/s1. The molecule has 1 saturated heterocycles. The van der Waals surface area contributed by atoms with E-state index in [1.54, 1.807) is 0 Å². The van der Waals surface area contributed by atoms with Gasteiger partial charge in [-0.1, -0.05) is 30.3 Å². The van der Waals surface area contributed by atoms with Crippen molar-refractivity contribution >= 4 is 11.6 Å². The van der Waals surface area contributed by atoms with Gasteiger partial charge in [0.05, 0.1) is 29.7 Å². The van der Waals surface area contributed by atoms with Crippen LogP contribution in [0.1, 0.15) is 65.2 Å². The maximum Gasteiger partial charge on any atom is 0.416 e. The number of hydrogen-bond acceptors (Lipinski definition) is 4. The number of halogens is 7. The Bertz CT molecular complexity index is 1140. The molecule has 1 aliphatic rings. The highest BCUT2D eigenvalue weighted by Crippen LogP contribution is 2.44. The summed E-state index contributed by atoms with van der Waals surface area (Å²) in [6.07, 6.45) is -11.5. The first-order chi connectivity index (χ1) is 17.0. The summed E-state index contributed by atoms with van der Waals surface area (Å²) in [4.78, 5) is 4.42. The van der Waals surface area contributed by atoms with Crippen LogP contribution in [0.2, 0.25) is 0 Å². The van der Waals surface area contributed by atoms with Crippen LogP contribution >= 0.6 is 11.6 Å². The quantitative estimate of drug-likeness (QED) is 0.274. The summed E-state index contributed by atoms with van der Waals surface area (Å²) in [5, 5.41) is 6.95. The highest BCUT2D eigenvalue weighted by molar-refractivity contribution is 6.16. The summed E-state index contributed by atoms with van der Waals surface area (Å²) in [6.45, 7) is 1.63. The van der Waals surface area contributed by atoms with Crippen molar-refractivity contribution in [2.24, 2.45) is 0 Å². The number of aromatic nitrogens is 3. The number of nitrogens with one attached hydrogen (secondary N) is 1. The van der Waals surface area contributed by atoms with E-state index in [1.165, 1.54) is 6.92 Å². The van der Waals surface area contributed by atoms with Gasteiger partial charge in [-0.25, -0.2) is 4.98 Å². The molecule has 2 heterocycles. The second-order valence-electron chi connectivity index (χ2n) is 8.46. The van der Waals surface area contributed by atoms with Crippen molar-refractivity contribution < 1.29 is 35.8 Å². The van der Waals surface area contributed by atoms with Crippen LogP contribution in [0.4, 0.5) is 26.3 Å². The normalized spacial score (nSPS) is 21.9. The predicted octanol–water partition coefficient (Wildman–Crippen LogP) is 6.97. The molecule has 0 unspecified atom stereocenters. The van der Waals surface area contributed by atoms with E-state index in [2.05, 4.69) is 15.2 Å². The van der Waals surface area contributed by atoms with Crippen LogP contribution < -0.4 is 0 Å². The molecular formula is C24H22ClF6N3O2. The van der Waals surface area contributed by atoms with Crippen molar-refractivity contribution in [3.8, 4) is 0 Å². The first-order valence-electron chi connectivity index (χ1n) is 11.1. The van der Waals surface area contributed by atoms with Crippen LogP contribution in [0.15, 0.2) is 48.5 Å². The molecule has 194 valence electrons. The number of rotatable bonds is 6. The Morgan fingerprint density at radius 1 is 1.06 bits per heavy atom. The van der Waals surface area contributed by atoms with Crippen molar-refractivity contribution in [2.45, 2.75) is 55.8 Å². The molecular weight excluding hydrogens is 512 g/mol. The van der Waals surface area contributed by atoms with E-state index in [9.17, 15) is 26.3 Å². The minimum absolute atomic E-state index is 0.0918. The Hall–Kier alpha value is -2.63. The summed E-state index contributed by atoms with van der Waals surface area (Å²) in [6, 6.07) is 10.6. The molecule has 0 amide bonds. The zero-order valence-electron chi connectivity index (χ0n) is 18.9. The van der Waals surface area contributed by atoms with Gasteiger partial charge < -0.3 is 9.47 Å². The lowest BCUT2D eigenvalue weighted by Crippen LogP contribution is -2.36. The van der Waals surface area contributed by atoms with Crippen LogP contribution in [0.25, 0.3) is 0 Å². The number of H-pyrrole nitrogens is 1. The molecule has 12 heteroatoms. The van der Waals surface area contributed by atoms with E-state index in [4.69, 9.17) is 21.1 Å². The molecule has 5 nitrogen and oxygen atoms in total. The van der Waals surface area contributed by atoms with Gasteiger partial charge >= 0.3 is 12.4 Å². The molecule has 4 atom stereocenters. The van der Waals surface area contributed by atoms with Gasteiger partial charge in [-0.05, 0) is 42.7 Å². The first-order valence-corrected chi connectivity index (χ1v) is 11.6. The zero-order chi connectivity index (χ0) is 26.1. The highest BCUT2D eigenvalue weighted by Gasteiger charge is 2.41. The minimum atomic E-state index is -4.96. The van der Waals surface area contributed by atoms with E-state index in [1.807, 2.05) is 30.3 Å². The first kappa shape index (κ1) is 26.4. The van der Waals surface area contributed by atoms with E-state index >= 15 is 0 Å². The molecule has 36 heavy (non-hydrogen) atoms. The fraction of sp³-hybridized carbons (Fsp3) is 0.417. The monoisotopic (exact) mass is 533 g/mol. The lowest BCUT2D eigenvalue weighted by molar-refractivity contribution is -0.202. The van der Waals surface area contributed by atoms with Crippen molar-refractivity contribution in [1.29, 1.82) is 0 Å². The smallest absolute Gasteiger partial charge is 0.352 e. The van der Waals surface area contributed by atoms with E-state index in [-0.39, 0.29) is 30.0 Å². The third-order valence-corrected chi connectivity index (χ3v) is 6.30. The number of benzene rings is 2. The number of hydrogen-bond donors (Lipinski definition) is 1. The third kappa shape index (κ3) is 5.84. The summed E-state index contributed by atoms with van der Waals surface area (Å²) >= 11 is 5.83. The molecule has 2 aromatic carbocycles. The van der Waals surface area contributed by atoms with Gasteiger partial charge in [0.2, 0.25) is 0 Å². The molecule has 1 aromatic heterocycles. The number of alkyl halides is 7. The van der Waals surface area contributed by atoms with Crippen molar-refractivity contribution in [3.05, 3.63) is 82.4 Å². The molecule has 0 aliphatic carbocycles. The molecule has 1 N–H and O–H groups in total. The molecule has 1 fully saturated rings. The lowest BCUT2D eigenvalue weighted by atomic mass is 9.81. The van der Waals surface area contributed by atoms with Gasteiger partial charge in [-0.15, -0.1) is 11.6 Å². The zero-order valence-corrected chi connectivity index (χ0v) is 19.7. The topological polar surface area (TPSA) is 60.0 Å². The van der Waals surface area contributed by atoms with Gasteiger partial charge in [-0.2, -0.15) is 31.4 Å². The molecule has 0 radical (unpaired) electrons. The maximum atomic E-state index is 13.4. The average molecular weight is 534 g/mol. The Balaban J connectivity index is 1.68. The van der Waals surface area contributed by atoms with E-state index in [0.717, 1.165) is 5.56 Å². The van der Waals surface area contributed by atoms with Crippen LogP contribution in [0.3, 0.4) is 0 Å². The molecule has 1 aliphatic heterocycles. The van der Waals surface area contributed by atoms with Gasteiger partial charge in [0.1, 0.15) is 5.82 Å². The van der Waals surface area contributed by atoms with Gasteiger partial charge in [0.25, 0.3) is 0 Å². The number of nitrogens with zero attached hydrogens (tertiary/aromatic N) is 2. The number of aromatic amines is 1. The van der Waals surface area contributed by atoms with Gasteiger partial charge in [0.15, 0.2) is 12.1 Å². The SMILES string of the molecule is C[C@@H](O[C@H]1OCC[C@@H](c2nc(CCl)n[nH]2)[C@@H]1c1ccccc1)c1cc(C(F)(F)F)cc(C(F)(F)F)c1. The Morgan fingerprint density at radius 2 is 1.69 bits per heavy atom. The Kier molecular flexibility index (Phi) is 7.63. The van der Waals surface area contributed by atoms with Gasteiger partial charge in [0, 0.05) is 11.8 Å². The fourth-order valence-corrected chi connectivity index (χ4v) is 4.43. The lowest BCUT2D eigenvalue weighted by Gasteiger charge is -2.38. The molecule has 0 bridgehead atoms. The summed E-state index contributed by atoms with van der Waals surface area (Å²) in [5.41, 5.74) is -2.26. The van der Waals surface area contributed by atoms with Crippen molar-refractivity contribution in [2.75, 3.05) is 6.61 Å².